The second-order valence-electron chi connectivity index (χ2n) is 7.66. The molecule has 136 valence electrons. The highest BCUT2D eigenvalue weighted by Crippen LogP contribution is 2.29. The van der Waals surface area contributed by atoms with Crippen LogP contribution in [-0.2, 0) is 11.3 Å². The van der Waals surface area contributed by atoms with Gasteiger partial charge in [-0.15, -0.1) is 0 Å². The molecule has 0 spiro atoms. The van der Waals surface area contributed by atoms with Gasteiger partial charge in [0.05, 0.1) is 6.20 Å². The highest BCUT2D eigenvalue weighted by molar-refractivity contribution is 5.77. The predicted octanol–water partition coefficient (Wildman–Crippen LogP) is 3.39. The first-order valence-electron chi connectivity index (χ1n) is 9.49. The number of nitrogens with one attached hydrogen (secondary N) is 1. The van der Waals surface area contributed by atoms with E-state index in [1.54, 1.807) is 0 Å². The Labute approximate surface area is 146 Å². The largest absolute Gasteiger partial charge is 0.342 e. The van der Waals surface area contributed by atoms with Gasteiger partial charge in [0.25, 0.3) is 0 Å². The summed E-state index contributed by atoms with van der Waals surface area (Å²) >= 11 is 0. The lowest BCUT2D eigenvalue weighted by Crippen LogP contribution is -2.40. The summed E-state index contributed by atoms with van der Waals surface area (Å²) in [4.78, 5) is 16.6. The zero-order chi connectivity index (χ0) is 17.5. The van der Waals surface area contributed by atoms with Crippen LogP contribution in [0.1, 0.15) is 70.1 Å². The van der Waals surface area contributed by atoms with Crippen molar-refractivity contribution in [1.29, 1.82) is 0 Å². The third-order valence-electron chi connectivity index (χ3n) is 4.97. The molecule has 1 unspecified atom stereocenters. The first-order chi connectivity index (χ1) is 11.5. The number of carbonyl (C=O) groups excluding carboxylic acids is 1. The fourth-order valence-electron chi connectivity index (χ4n) is 3.38. The van der Waals surface area contributed by atoms with Crippen LogP contribution in [0.4, 0.5) is 0 Å². The normalized spacial score (nSPS) is 18.8. The van der Waals surface area contributed by atoms with Gasteiger partial charge in [0.1, 0.15) is 0 Å². The molecule has 1 aromatic heterocycles. The van der Waals surface area contributed by atoms with E-state index in [9.17, 15) is 4.79 Å². The molecule has 1 saturated heterocycles. The van der Waals surface area contributed by atoms with Crippen molar-refractivity contribution in [3.63, 3.8) is 0 Å². The standard InChI is InChI=1S/C19H34N4O/c1-5-6-10-22(4)13-17-12-20-21-19(17)16-7-8-18(24)23(14-16)11-9-15(2)3/h12,15-16H,5-11,13-14H2,1-4H3,(H,20,21). The number of aromatic amines is 1. The fourth-order valence-corrected chi connectivity index (χ4v) is 3.38. The molecule has 0 bridgehead atoms. The van der Waals surface area contributed by atoms with Crippen molar-refractivity contribution in [2.45, 2.75) is 65.3 Å². The fraction of sp³-hybridized carbons (Fsp3) is 0.789. The van der Waals surface area contributed by atoms with E-state index in [1.807, 2.05) is 6.20 Å². The van der Waals surface area contributed by atoms with Crippen LogP contribution in [0.25, 0.3) is 0 Å². The van der Waals surface area contributed by atoms with E-state index in [-0.39, 0.29) is 0 Å². The number of nitrogens with zero attached hydrogens (tertiary/aromatic N) is 3. The van der Waals surface area contributed by atoms with Crippen molar-refractivity contribution in [2.24, 2.45) is 5.92 Å². The quantitative estimate of drug-likeness (QED) is 0.753. The van der Waals surface area contributed by atoms with Gasteiger partial charge >= 0.3 is 0 Å². The first-order valence-corrected chi connectivity index (χ1v) is 9.49. The van der Waals surface area contributed by atoms with Crippen molar-refractivity contribution in [2.75, 3.05) is 26.7 Å². The Balaban J connectivity index is 1.98. The summed E-state index contributed by atoms with van der Waals surface area (Å²) in [6.07, 6.45) is 7.08. The average Bonchev–Trinajstić information content (AvgIpc) is 3.00. The first kappa shape index (κ1) is 19.0. The average molecular weight is 335 g/mol. The van der Waals surface area contributed by atoms with Crippen LogP contribution in [0, 0.1) is 5.92 Å². The number of likely N-dealkylation sites (tertiary alicyclic amines) is 1. The Morgan fingerprint density at radius 3 is 2.96 bits per heavy atom. The lowest BCUT2D eigenvalue weighted by molar-refractivity contribution is -0.134. The van der Waals surface area contributed by atoms with Gasteiger partial charge in [0.2, 0.25) is 5.91 Å². The Morgan fingerprint density at radius 1 is 1.46 bits per heavy atom. The SMILES string of the molecule is CCCCN(C)Cc1cn[nH]c1C1CCC(=O)N(CCC(C)C)C1. The summed E-state index contributed by atoms with van der Waals surface area (Å²) in [6.45, 7) is 10.4. The van der Waals surface area contributed by atoms with Crippen molar-refractivity contribution in [3.05, 3.63) is 17.5 Å². The Hall–Kier alpha value is -1.36. The smallest absolute Gasteiger partial charge is 0.222 e. The van der Waals surface area contributed by atoms with Crippen LogP contribution < -0.4 is 0 Å². The van der Waals surface area contributed by atoms with E-state index in [0.29, 0.717) is 24.2 Å². The van der Waals surface area contributed by atoms with E-state index in [1.165, 1.54) is 24.1 Å². The molecule has 0 saturated carbocycles. The topological polar surface area (TPSA) is 52.2 Å². The number of hydrogen-bond donors (Lipinski definition) is 1. The molecular formula is C19H34N4O. The summed E-state index contributed by atoms with van der Waals surface area (Å²) in [5, 5.41) is 7.52. The maximum atomic E-state index is 12.2. The molecule has 1 N–H and O–H groups in total. The molecule has 0 radical (unpaired) electrons. The Kier molecular flexibility index (Phi) is 7.28. The summed E-state index contributed by atoms with van der Waals surface area (Å²) in [5.41, 5.74) is 2.53. The number of amides is 1. The number of piperidine rings is 1. The predicted molar refractivity (Wildman–Crippen MR) is 97.8 cm³/mol. The van der Waals surface area contributed by atoms with Crippen LogP contribution in [-0.4, -0.2) is 52.6 Å². The van der Waals surface area contributed by atoms with E-state index >= 15 is 0 Å². The number of carbonyl (C=O) groups is 1. The van der Waals surface area contributed by atoms with Gasteiger partial charge in [-0.1, -0.05) is 27.2 Å². The maximum Gasteiger partial charge on any atom is 0.222 e. The minimum Gasteiger partial charge on any atom is -0.342 e. The molecule has 1 aromatic rings. The molecule has 5 heteroatoms. The van der Waals surface area contributed by atoms with Crippen molar-refractivity contribution < 1.29 is 4.79 Å². The highest BCUT2D eigenvalue weighted by Gasteiger charge is 2.29. The summed E-state index contributed by atoms with van der Waals surface area (Å²) in [7, 11) is 2.17. The second kappa shape index (κ2) is 9.21. The van der Waals surface area contributed by atoms with Crippen LogP contribution in [0.15, 0.2) is 6.20 Å². The molecule has 0 aromatic carbocycles. The van der Waals surface area contributed by atoms with Gasteiger partial charge in [-0.25, -0.2) is 0 Å². The molecular weight excluding hydrogens is 300 g/mol. The number of H-pyrrole nitrogens is 1. The van der Waals surface area contributed by atoms with Gasteiger partial charge in [-0.2, -0.15) is 5.10 Å². The zero-order valence-corrected chi connectivity index (χ0v) is 15.8. The summed E-state index contributed by atoms with van der Waals surface area (Å²) in [6, 6.07) is 0. The lowest BCUT2D eigenvalue weighted by Gasteiger charge is -2.33. The lowest BCUT2D eigenvalue weighted by atomic mass is 9.91. The molecule has 1 aliphatic heterocycles. The van der Waals surface area contributed by atoms with Crippen LogP contribution in [0.3, 0.4) is 0 Å². The molecule has 1 aliphatic rings. The number of unbranched alkanes of at least 4 members (excludes halogenated alkanes) is 1. The van der Waals surface area contributed by atoms with Crippen LogP contribution >= 0.6 is 0 Å². The number of aromatic nitrogens is 2. The number of rotatable bonds is 9. The third kappa shape index (κ3) is 5.33. The van der Waals surface area contributed by atoms with E-state index in [2.05, 4.69) is 47.8 Å². The third-order valence-corrected chi connectivity index (χ3v) is 4.97. The summed E-state index contributed by atoms with van der Waals surface area (Å²) < 4.78 is 0. The minimum atomic E-state index is 0.313. The zero-order valence-electron chi connectivity index (χ0n) is 15.8. The molecule has 5 nitrogen and oxygen atoms in total. The molecule has 2 heterocycles. The van der Waals surface area contributed by atoms with Crippen molar-refractivity contribution >= 4 is 5.91 Å². The van der Waals surface area contributed by atoms with Gasteiger partial charge in [-0.05, 0) is 38.8 Å². The van der Waals surface area contributed by atoms with Crippen LogP contribution in [0.5, 0.6) is 0 Å². The summed E-state index contributed by atoms with van der Waals surface area (Å²) in [5.74, 6) is 1.34. The molecule has 24 heavy (non-hydrogen) atoms. The van der Waals surface area contributed by atoms with E-state index in [4.69, 9.17) is 0 Å². The molecule has 1 fully saturated rings. The van der Waals surface area contributed by atoms with Gasteiger partial charge < -0.3 is 9.80 Å². The second-order valence-corrected chi connectivity index (χ2v) is 7.66. The minimum absolute atomic E-state index is 0.313. The molecule has 2 rings (SSSR count). The molecule has 0 aliphatic carbocycles. The highest BCUT2D eigenvalue weighted by atomic mass is 16.2. The van der Waals surface area contributed by atoms with Gasteiger partial charge in [0.15, 0.2) is 0 Å². The maximum absolute atomic E-state index is 12.2. The Morgan fingerprint density at radius 2 is 2.25 bits per heavy atom. The van der Waals surface area contributed by atoms with Crippen molar-refractivity contribution in [1.82, 2.24) is 20.0 Å². The molecule has 1 atom stereocenters. The number of hydrogen-bond acceptors (Lipinski definition) is 3. The van der Waals surface area contributed by atoms with Crippen molar-refractivity contribution in [3.8, 4) is 0 Å². The van der Waals surface area contributed by atoms with Crippen LogP contribution in [0.2, 0.25) is 0 Å². The Bertz CT molecular complexity index is 511. The van der Waals surface area contributed by atoms with Gasteiger partial charge in [0, 0.05) is 43.2 Å². The van der Waals surface area contributed by atoms with Gasteiger partial charge in [-0.3, -0.25) is 9.89 Å². The van der Waals surface area contributed by atoms with E-state index in [0.717, 1.165) is 39.0 Å². The molecule has 1 amide bonds. The van der Waals surface area contributed by atoms with E-state index < -0.39 is 0 Å². The monoisotopic (exact) mass is 334 g/mol.